The third-order valence-electron chi connectivity index (χ3n) is 2.78. The molecule has 0 bridgehead atoms. The summed E-state index contributed by atoms with van der Waals surface area (Å²) in [5, 5.41) is 3.35. The van der Waals surface area contributed by atoms with Gasteiger partial charge in [0.2, 0.25) is 0 Å². The fourth-order valence-corrected chi connectivity index (χ4v) is 2.01. The van der Waals surface area contributed by atoms with Crippen LogP contribution in [0.3, 0.4) is 0 Å². The van der Waals surface area contributed by atoms with Crippen LogP contribution in [0.1, 0.15) is 32.6 Å². The van der Waals surface area contributed by atoms with E-state index >= 15 is 0 Å². The lowest BCUT2D eigenvalue weighted by atomic mass is 10.1. The zero-order chi connectivity index (χ0) is 10.2. The van der Waals surface area contributed by atoms with Crippen molar-refractivity contribution in [3.8, 4) is 0 Å². The largest absolute Gasteiger partial charge is 0.313 e. The topological polar surface area (TPSA) is 15.3 Å². The Hall–Kier alpha value is -0.150. The summed E-state index contributed by atoms with van der Waals surface area (Å²) in [5.41, 5.74) is 0. The molecule has 0 amide bonds. The van der Waals surface area contributed by atoms with Gasteiger partial charge >= 0.3 is 0 Å². The second-order valence-corrected chi connectivity index (χ2v) is 4.26. The Kier molecular flexibility index (Phi) is 6.12. The summed E-state index contributed by atoms with van der Waals surface area (Å²) in [6.45, 7) is 6.40. The van der Waals surface area contributed by atoms with Crippen LogP contribution in [-0.2, 0) is 0 Å². The first-order valence-electron chi connectivity index (χ1n) is 5.84. The van der Waals surface area contributed by atoms with Gasteiger partial charge in [-0.25, -0.2) is 0 Å². The molecule has 14 heavy (non-hydrogen) atoms. The van der Waals surface area contributed by atoms with Gasteiger partial charge in [-0.3, -0.25) is 4.39 Å². The van der Waals surface area contributed by atoms with Gasteiger partial charge in [0.15, 0.2) is 0 Å². The fourth-order valence-electron chi connectivity index (χ4n) is 2.01. The monoisotopic (exact) mass is 202 g/mol. The average Bonchev–Trinajstić information content (AvgIpc) is 2.20. The summed E-state index contributed by atoms with van der Waals surface area (Å²) in [7, 11) is 0. The molecule has 0 aliphatic carbocycles. The Morgan fingerprint density at radius 1 is 1.29 bits per heavy atom. The van der Waals surface area contributed by atoms with Crippen LogP contribution in [0.5, 0.6) is 0 Å². The third-order valence-corrected chi connectivity index (χ3v) is 2.78. The van der Waals surface area contributed by atoms with Gasteiger partial charge in [0.05, 0.1) is 6.67 Å². The Bertz CT molecular complexity index is 135. The number of nitrogens with one attached hydrogen (secondary N) is 1. The number of hydrogen-bond donors (Lipinski definition) is 1. The predicted octanol–water partition coefficient (Wildman–Crippen LogP) is 1.81. The van der Waals surface area contributed by atoms with Crippen molar-refractivity contribution in [3.63, 3.8) is 0 Å². The molecule has 1 saturated heterocycles. The Morgan fingerprint density at radius 3 is 2.64 bits per heavy atom. The van der Waals surface area contributed by atoms with Crippen molar-refractivity contribution in [1.82, 2.24) is 10.2 Å². The molecule has 2 nitrogen and oxygen atoms in total. The van der Waals surface area contributed by atoms with E-state index in [9.17, 15) is 4.39 Å². The van der Waals surface area contributed by atoms with Gasteiger partial charge in [0.25, 0.3) is 0 Å². The average molecular weight is 202 g/mol. The molecule has 0 aromatic heterocycles. The smallest absolute Gasteiger partial charge is 0.0906 e. The minimum atomic E-state index is -0.205. The van der Waals surface area contributed by atoms with E-state index in [1.165, 1.54) is 32.4 Å². The van der Waals surface area contributed by atoms with Crippen LogP contribution < -0.4 is 5.32 Å². The molecule has 0 aromatic rings. The molecule has 1 fully saturated rings. The molecule has 1 rings (SSSR count). The molecule has 0 radical (unpaired) electrons. The standard InChI is InChI=1S/C11H23FN2/c1-11(13-7-5-6-12)10-14-8-3-2-4-9-14/h11,13H,2-10H2,1H3. The Labute approximate surface area is 86.9 Å². The molecule has 0 saturated carbocycles. The number of alkyl halides is 1. The van der Waals surface area contributed by atoms with Crippen molar-refractivity contribution in [2.24, 2.45) is 0 Å². The van der Waals surface area contributed by atoms with Gasteiger partial charge in [-0.1, -0.05) is 6.42 Å². The van der Waals surface area contributed by atoms with Crippen LogP contribution in [0.25, 0.3) is 0 Å². The van der Waals surface area contributed by atoms with Gasteiger partial charge in [-0.15, -0.1) is 0 Å². The van der Waals surface area contributed by atoms with Gasteiger partial charge in [-0.2, -0.15) is 0 Å². The van der Waals surface area contributed by atoms with E-state index in [2.05, 4.69) is 17.1 Å². The number of nitrogens with zero attached hydrogens (tertiary/aromatic N) is 1. The number of likely N-dealkylation sites (tertiary alicyclic amines) is 1. The molecule has 0 spiro atoms. The lowest BCUT2D eigenvalue weighted by molar-refractivity contribution is 0.209. The summed E-state index contributed by atoms with van der Waals surface area (Å²) in [6.07, 6.45) is 4.72. The van der Waals surface area contributed by atoms with Crippen LogP contribution in [0.15, 0.2) is 0 Å². The molecule has 1 atom stereocenters. The summed E-state index contributed by atoms with van der Waals surface area (Å²) in [4.78, 5) is 2.51. The predicted molar refractivity (Wildman–Crippen MR) is 58.3 cm³/mol. The van der Waals surface area contributed by atoms with Crippen molar-refractivity contribution < 1.29 is 4.39 Å². The van der Waals surface area contributed by atoms with Crippen LogP contribution >= 0.6 is 0 Å². The minimum Gasteiger partial charge on any atom is -0.313 e. The molecular formula is C11H23FN2. The first-order chi connectivity index (χ1) is 6.83. The highest BCUT2D eigenvalue weighted by Gasteiger charge is 2.12. The van der Waals surface area contributed by atoms with Gasteiger partial charge < -0.3 is 10.2 Å². The normalized spacial score (nSPS) is 21.0. The van der Waals surface area contributed by atoms with Crippen molar-refractivity contribution in [1.29, 1.82) is 0 Å². The molecule has 1 N–H and O–H groups in total. The highest BCUT2D eigenvalue weighted by atomic mass is 19.1. The fraction of sp³-hybridized carbons (Fsp3) is 1.00. The summed E-state index contributed by atoms with van der Waals surface area (Å²) in [5.74, 6) is 0. The second-order valence-electron chi connectivity index (χ2n) is 4.26. The lowest BCUT2D eigenvalue weighted by Gasteiger charge is -2.29. The Morgan fingerprint density at radius 2 is 2.00 bits per heavy atom. The van der Waals surface area contributed by atoms with Crippen molar-refractivity contribution in [2.75, 3.05) is 32.9 Å². The molecule has 1 aliphatic heterocycles. The van der Waals surface area contributed by atoms with Crippen LogP contribution in [0.4, 0.5) is 4.39 Å². The highest BCUT2D eigenvalue weighted by Crippen LogP contribution is 2.08. The van der Waals surface area contributed by atoms with Crippen LogP contribution in [0, 0.1) is 0 Å². The maximum absolute atomic E-state index is 11.9. The molecule has 3 heteroatoms. The van der Waals surface area contributed by atoms with E-state index in [0.29, 0.717) is 12.5 Å². The first kappa shape index (κ1) is 11.9. The van der Waals surface area contributed by atoms with E-state index < -0.39 is 0 Å². The molecular weight excluding hydrogens is 179 g/mol. The molecule has 1 aliphatic rings. The summed E-state index contributed by atoms with van der Waals surface area (Å²) >= 11 is 0. The Balaban J connectivity index is 2.03. The van der Waals surface area contributed by atoms with Gasteiger partial charge in [0.1, 0.15) is 0 Å². The summed E-state index contributed by atoms with van der Waals surface area (Å²) < 4.78 is 11.9. The van der Waals surface area contributed by atoms with E-state index in [-0.39, 0.29) is 6.67 Å². The molecule has 0 aromatic carbocycles. The van der Waals surface area contributed by atoms with E-state index in [4.69, 9.17) is 0 Å². The van der Waals surface area contributed by atoms with Crippen molar-refractivity contribution in [2.45, 2.75) is 38.6 Å². The van der Waals surface area contributed by atoms with Gasteiger partial charge in [-0.05, 0) is 45.8 Å². The maximum Gasteiger partial charge on any atom is 0.0906 e. The third kappa shape index (κ3) is 4.91. The molecule has 1 heterocycles. The van der Waals surface area contributed by atoms with Crippen LogP contribution in [-0.4, -0.2) is 43.8 Å². The van der Waals surface area contributed by atoms with E-state index in [1.807, 2.05) is 0 Å². The second kappa shape index (κ2) is 7.18. The number of rotatable bonds is 6. The van der Waals surface area contributed by atoms with Crippen molar-refractivity contribution in [3.05, 3.63) is 0 Å². The molecule has 1 unspecified atom stereocenters. The number of halogens is 1. The maximum atomic E-state index is 11.9. The van der Waals surface area contributed by atoms with Gasteiger partial charge in [0, 0.05) is 12.6 Å². The van der Waals surface area contributed by atoms with Crippen LogP contribution in [0.2, 0.25) is 0 Å². The number of piperidine rings is 1. The van der Waals surface area contributed by atoms with E-state index in [1.54, 1.807) is 0 Å². The summed E-state index contributed by atoms with van der Waals surface area (Å²) in [6, 6.07) is 0.500. The van der Waals surface area contributed by atoms with E-state index in [0.717, 1.165) is 13.1 Å². The minimum absolute atomic E-state index is 0.205. The zero-order valence-corrected chi connectivity index (χ0v) is 9.27. The number of hydrogen-bond acceptors (Lipinski definition) is 2. The zero-order valence-electron chi connectivity index (χ0n) is 9.27. The lowest BCUT2D eigenvalue weighted by Crippen LogP contribution is -2.41. The SMILES string of the molecule is CC(CN1CCCCC1)NCCCF. The first-order valence-corrected chi connectivity index (χ1v) is 5.84. The molecule has 84 valence electrons. The quantitative estimate of drug-likeness (QED) is 0.661. The highest BCUT2D eigenvalue weighted by molar-refractivity contribution is 4.70. The van der Waals surface area contributed by atoms with Crippen molar-refractivity contribution >= 4 is 0 Å².